The number of hydrogen-bond acceptors (Lipinski definition) is 7. The molecule has 11 nitrogen and oxygen atoms in total. The number of amides is 2. The largest absolute Gasteiger partial charge is 0.508 e. The molecule has 0 fully saturated rings. The number of hydrogen-bond donors (Lipinski definition) is 2. The molecular formula is C20H22N4O7. The predicted octanol–water partition coefficient (Wildman–Crippen LogP) is 2.42. The van der Waals surface area contributed by atoms with Gasteiger partial charge in [0.15, 0.2) is 0 Å². The van der Waals surface area contributed by atoms with Gasteiger partial charge < -0.3 is 15.3 Å². The lowest BCUT2D eigenvalue weighted by Crippen LogP contribution is -2.49. The fourth-order valence-corrected chi connectivity index (χ4v) is 3.00. The summed E-state index contributed by atoms with van der Waals surface area (Å²) in [7, 11) is 0. The molecule has 31 heavy (non-hydrogen) atoms. The normalized spacial score (nSPS) is 11.4. The number of nitro groups is 2. The summed E-state index contributed by atoms with van der Waals surface area (Å²) in [5.41, 5.74) is -0.855. The van der Waals surface area contributed by atoms with Gasteiger partial charge in [-0.2, -0.15) is 0 Å². The molecule has 1 atom stereocenters. The summed E-state index contributed by atoms with van der Waals surface area (Å²) in [4.78, 5) is 47.7. The van der Waals surface area contributed by atoms with Crippen LogP contribution in [0.5, 0.6) is 5.75 Å². The lowest BCUT2D eigenvalue weighted by Gasteiger charge is -2.26. The standard InChI is InChI=1S/C20H22N4O7/c1-3-22(4-2)20(27)18(9-13-5-7-17(25)8-6-13)21-19(26)14-10-15(23(28)29)12-16(11-14)24(30)31/h5-8,10-12,18,25H,3-4,9H2,1-2H3,(H,21,26)/t18-/m0/s1. The predicted molar refractivity (Wildman–Crippen MR) is 111 cm³/mol. The van der Waals surface area contributed by atoms with E-state index in [4.69, 9.17) is 0 Å². The SMILES string of the molecule is CCN(CC)C(=O)[C@H](Cc1ccc(O)cc1)NC(=O)c1cc([N+](=O)[O-])cc([N+](=O)[O-])c1. The van der Waals surface area contributed by atoms with Gasteiger partial charge in [-0.25, -0.2) is 0 Å². The number of likely N-dealkylation sites (N-methyl/N-ethyl adjacent to an activating group) is 1. The molecule has 11 heteroatoms. The summed E-state index contributed by atoms with van der Waals surface area (Å²) < 4.78 is 0. The van der Waals surface area contributed by atoms with Gasteiger partial charge in [-0.1, -0.05) is 12.1 Å². The van der Waals surface area contributed by atoms with E-state index in [-0.39, 0.29) is 23.6 Å². The summed E-state index contributed by atoms with van der Waals surface area (Å²) in [5, 5.41) is 34.2. The maximum atomic E-state index is 12.9. The number of nitro benzene ring substituents is 2. The highest BCUT2D eigenvalue weighted by Gasteiger charge is 2.27. The average Bonchev–Trinajstić information content (AvgIpc) is 2.75. The zero-order valence-electron chi connectivity index (χ0n) is 17.0. The maximum Gasteiger partial charge on any atom is 0.277 e. The second-order valence-corrected chi connectivity index (χ2v) is 6.66. The summed E-state index contributed by atoms with van der Waals surface area (Å²) in [5.74, 6) is -1.18. The fourth-order valence-electron chi connectivity index (χ4n) is 3.00. The first-order valence-electron chi connectivity index (χ1n) is 9.47. The third kappa shape index (κ3) is 5.98. The second-order valence-electron chi connectivity index (χ2n) is 6.66. The molecule has 2 amide bonds. The van der Waals surface area contributed by atoms with E-state index in [1.807, 2.05) is 0 Å². The quantitative estimate of drug-likeness (QED) is 0.457. The molecule has 2 rings (SSSR count). The Balaban J connectivity index is 2.37. The number of benzene rings is 2. The van der Waals surface area contributed by atoms with Crippen molar-refractivity contribution in [1.29, 1.82) is 0 Å². The van der Waals surface area contributed by atoms with Crippen molar-refractivity contribution in [1.82, 2.24) is 10.2 Å². The molecular weight excluding hydrogens is 408 g/mol. The first-order valence-corrected chi connectivity index (χ1v) is 9.47. The number of carbonyl (C=O) groups excluding carboxylic acids is 2. The highest BCUT2D eigenvalue weighted by Crippen LogP contribution is 2.23. The van der Waals surface area contributed by atoms with Crippen LogP contribution in [0, 0.1) is 20.2 Å². The van der Waals surface area contributed by atoms with Crippen molar-refractivity contribution in [3.05, 3.63) is 73.8 Å². The number of phenolic OH excluding ortho intramolecular Hbond substituents is 1. The van der Waals surface area contributed by atoms with Gasteiger partial charge in [0.1, 0.15) is 11.8 Å². The summed E-state index contributed by atoms with van der Waals surface area (Å²) in [6.07, 6.45) is 0.0956. The molecule has 0 aliphatic rings. The van der Waals surface area contributed by atoms with Crippen molar-refractivity contribution in [2.24, 2.45) is 0 Å². The highest BCUT2D eigenvalue weighted by molar-refractivity contribution is 5.98. The molecule has 2 aromatic rings. The van der Waals surface area contributed by atoms with Crippen LogP contribution < -0.4 is 5.32 Å². The average molecular weight is 430 g/mol. The van der Waals surface area contributed by atoms with Crippen molar-refractivity contribution in [3.8, 4) is 5.75 Å². The van der Waals surface area contributed by atoms with E-state index in [9.17, 15) is 34.9 Å². The fraction of sp³-hybridized carbons (Fsp3) is 0.300. The summed E-state index contributed by atoms with van der Waals surface area (Å²) in [6.45, 7) is 4.37. The molecule has 0 heterocycles. The van der Waals surface area contributed by atoms with Gasteiger partial charge in [-0.3, -0.25) is 29.8 Å². The van der Waals surface area contributed by atoms with Crippen LogP contribution in [0.15, 0.2) is 42.5 Å². The smallest absolute Gasteiger partial charge is 0.277 e. The van der Waals surface area contributed by atoms with Crippen LogP contribution in [0.25, 0.3) is 0 Å². The lowest BCUT2D eigenvalue weighted by molar-refractivity contribution is -0.394. The molecule has 0 bridgehead atoms. The van der Waals surface area contributed by atoms with Crippen LogP contribution in [0.2, 0.25) is 0 Å². The van der Waals surface area contributed by atoms with Crippen molar-refractivity contribution in [2.75, 3.05) is 13.1 Å². The number of aromatic hydroxyl groups is 1. The number of non-ortho nitro benzene ring substituents is 2. The Labute approximate surface area is 177 Å². The van der Waals surface area contributed by atoms with Gasteiger partial charge >= 0.3 is 0 Å². The third-order valence-electron chi connectivity index (χ3n) is 4.64. The first-order chi connectivity index (χ1) is 14.7. The molecule has 0 radical (unpaired) electrons. The van der Waals surface area contributed by atoms with Crippen LogP contribution in [-0.2, 0) is 11.2 Å². The van der Waals surface area contributed by atoms with Crippen LogP contribution in [0.4, 0.5) is 11.4 Å². The highest BCUT2D eigenvalue weighted by atomic mass is 16.6. The van der Waals surface area contributed by atoms with Crippen LogP contribution in [0.1, 0.15) is 29.8 Å². The molecule has 0 aromatic heterocycles. The van der Waals surface area contributed by atoms with Crippen LogP contribution >= 0.6 is 0 Å². The zero-order valence-corrected chi connectivity index (χ0v) is 17.0. The molecule has 0 unspecified atom stereocenters. The number of carbonyl (C=O) groups is 2. The van der Waals surface area contributed by atoms with Gasteiger partial charge in [0, 0.05) is 31.6 Å². The Bertz CT molecular complexity index is 955. The van der Waals surface area contributed by atoms with Crippen molar-refractivity contribution < 1.29 is 24.5 Å². The Morgan fingerprint density at radius 1 is 1.00 bits per heavy atom. The minimum Gasteiger partial charge on any atom is -0.508 e. The second kappa shape index (κ2) is 10.1. The van der Waals surface area contributed by atoms with Crippen molar-refractivity contribution in [3.63, 3.8) is 0 Å². The maximum absolute atomic E-state index is 12.9. The van der Waals surface area contributed by atoms with Gasteiger partial charge in [-0.15, -0.1) is 0 Å². The Morgan fingerprint density at radius 2 is 1.52 bits per heavy atom. The lowest BCUT2D eigenvalue weighted by atomic mass is 10.0. The van der Waals surface area contributed by atoms with Crippen molar-refractivity contribution in [2.45, 2.75) is 26.3 Å². The molecule has 0 saturated carbocycles. The summed E-state index contributed by atoms with van der Waals surface area (Å²) >= 11 is 0. The number of rotatable bonds is 9. The van der Waals surface area contributed by atoms with Crippen molar-refractivity contribution >= 4 is 23.2 Å². The van der Waals surface area contributed by atoms with Gasteiger partial charge in [0.25, 0.3) is 17.3 Å². The molecule has 2 N–H and O–H groups in total. The molecule has 0 spiro atoms. The van der Waals surface area contributed by atoms with E-state index in [1.165, 1.54) is 17.0 Å². The van der Waals surface area contributed by atoms with Crippen LogP contribution in [-0.4, -0.2) is 50.8 Å². The van der Waals surface area contributed by atoms with Gasteiger partial charge in [-0.05, 0) is 31.5 Å². The van der Waals surface area contributed by atoms with Gasteiger partial charge in [0.2, 0.25) is 5.91 Å². The molecule has 0 aliphatic carbocycles. The molecule has 0 saturated heterocycles. The number of nitrogens with zero attached hydrogens (tertiary/aromatic N) is 3. The number of nitrogens with one attached hydrogen (secondary N) is 1. The van der Waals surface area contributed by atoms with E-state index >= 15 is 0 Å². The van der Waals surface area contributed by atoms with E-state index in [1.54, 1.807) is 26.0 Å². The first kappa shape index (κ1) is 23.3. The Morgan fingerprint density at radius 3 is 1.97 bits per heavy atom. The Hall–Kier alpha value is -4.02. The Kier molecular flexibility index (Phi) is 7.61. The molecule has 164 valence electrons. The van der Waals surface area contributed by atoms with Crippen LogP contribution in [0.3, 0.4) is 0 Å². The third-order valence-corrected chi connectivity index (χ3v) is 4.64. The zero-order chi connectivity index (χ0) is 23.1. The van der Waals surface area contributed by atoms with E-state index in [2.05, 4.69) is 5.32 Å². The van der Waals surface area contributed by atoms with E-state index in [0.717, 1.165) is 18.2 Å². The topological polar surface area (TPSA) is 156 Å². The minimum absolute atomic E-state index is 0.0447. The molecule has 2 aromatic carbocycles. The monoisotopic (exact) mass is 430 g/mol. The van der Waals surface area contributed by atoms with Gasteiger partial charge in [0.05, 0.1) is 21.5 Å². The summed E-state index contributed by atoms with van der Waals surface area (Å²) in [6, 6.07) is 7.66. The van der Waals surface area contributed by atoms with E-state index < -0.39 is 33.2 Å². The van der Waals surface area contributed by atoms with E-state index in [0.29, 0.717) is 18.7 Å². The molecule has 0 aliphatic heterocycles. The minimum atomic E-state index is -1.02. The number of phenols is 1.